The van der Waals surface area contributed by atoms with Gasteiger partial charge in [-0.2, -0.15) is 0 Å². The minimum absolute atomic E-state index is 0.593. The number of hydrogen-bond acceptors (Lipinski definition) is 7. The van der Waals surface area contributed by atoms with Crippen molar-refractivity contribution in [2.45, 2.75) is 32.2 Å². The maximum atomic E-state index is 4.73. The molecule has 0 radical (unpaired) electrons. The van der Waals surface area contributed by atoms with E-state index in [0.717, 1.165) is 27.5 Å². The first-order valence-corrected chi connectivity index (χ1v) is 8.21. The van der Waals surface area contributed by atoms with Gasteiger partial charge < -0.3 is 10.2 Å². The normalized spacial score (nSPS) is 19.7. The molecule has 1 N–H and O–H groups in total. The van der Waals surface area contributed by atoms with Gasteiger partial charge in [0.2, 0.25) is 5.13 Å². The average Bonchev–Trinajstić information content (AvgIpc) is 3.08. The topological polar surface area (TPSA) is 53.9 Å². The van der Waals surface area contributed by atoms with Gasteiger partial charge >= 0.3 is 0 Å². The summed E-state index contributed by atoms with van der Waals surface area (Å²) in [6, 6.07) is 0.593. The molecule has 1 unspecified atom stereocenters. The van der Waals surface area contributed by atoms with E-state index >= 15 is 0 Å². The number of hydrogen-bond donors (Lipinski definition) is 1. The zero-order valence-electron chi connectivity index (χ0n) is 11.1. The van der Waals surface area contributed by atoms with Crippen LogP contribution in [0.3, 0.4) is 0 Å². The number of thiazole rings is 1. The summed E-state index contributed by atoms with van der Waals surface area (Å²) in [5, 5.41) is 16.1. The van der Waals surface area contributed by atoms with Crippen LogP contribution < -0.4 is 10.2 Å². The molecule has 1 aliphatic rings. The predicted octanol–water partition coefficient (Wildman–Crippen LogP) is 3.08. The molecule has 5 nitrogen and oxygen atoms in total. The second kappa shape index (κ2) is 5.42. The fourth-order valence-corrected chi connectivity index (χ4v) is 3.98. The Morgan fingerprint density at radius 3 is 3.00 bits per heavy atom. The predicted molar refractivity (Wildman–Crippen MR) is 81.2 cm³/mol. The van der Waals surface area contributed by atoms with Crippen LogP contribution in [0.4, 0.5) is 10.3 Å². The summed E-state index contributed by atoms with van der Waals surface area (Å²) in [6.07, 6.45) is 3.86. The van der Waals surface area contributed by atoms with Crippen LogP contribution in [0.5, 0.6) is 0 Å². The van der Waals surface area contributed by atoms with Crippen LogP contribution in [0, 0.1) is 0 Å². The van der Waals surface area contributed by atoms with Crippen LogP contribution in [-0.4, -0.2) is 34.8 Å². The molecule has 3 heterocycles. The highest BCUT2D eigenvalue weighted by atomic mass is 32.1. The van der Waals surface area contributed by atoms with Gasteiger partial charge in [0.05, 0.1) is 0 Å². The lowest BCUT2D eigenvalue weighted by atomic mass is 10.1. The molecule has 102 valence electrons. The van der Waals surface area contributed by atoms with Crippen molar-refractivity contribution in [3.8, 4) is 10.7 Å². The smallest absolute Gasteiger partial charge is 0.205 e. The van der Waals surface area contributed by atoms with Gasteiger partial charge in [0.1, 0.15) is 5.69 Å². The quantitative estimate of drug-likeness (QED) is 0.943. The number of rotatable bonds is 3. The average molecular weight is 295 g/mol. The maximum Gasteiger partial charge on any atom is 0.205 e. The van der Waals surface area contributed by atoms with Gasteiger partial charge in [-0.1, -0.05) is 11.3 Å². The lowest BCUT2D eigenvalue weighted by Crippen LogP contribution is -2.37. The van der Waals surface area contributed by atoms with E-state index in [1.165, 1.54) is 30.6 Å². The number of nitrogens with zero attached hydrogens (tertiary/aromatic N) is 4. The summed E-state index contributed by atoms with van der Waals surface area (Å²) in [5.41, 5.74) is 0.941. The van der Waals surface area contributed by atoms with Crippen molar-refractivity contribution in [3.63, 3.8) is 0 Å². The van der Waals surface area contributed by atoms with Crippen LogP contribution in [0.1, 0.15) is 26.2 Å². The molecule has 1 saturated heterocycles. The summed E-state index contributed by atoms with van der Waals surface area (Å²) < 4.78 is 0. The number of aromatic nitrogens is 3. The van der Waals surface area contributed by atoms with Gasteiger partial charge in [-0.3, -0.25) is 0 Å². The molecule has 7 heteroatoms. The van der Waals surface area contributed by atoms with Gasteiger partial charge in [-0.25, -0.2) is 4.98 Å². The minimum atomic E-state index is 0.593. The molecule has 0 spiro atoms. The van der Waals surface area contributed by atoms with Crippen molar-refractivity contribution in [2.24, 2.45) is 0 Å². The van der Waals surface area contributed by atoms with E-state index in [0.29, 0.717) is 6.04 Å². The van der Waals surface area contributed by atoms with Gasteiger partial charge in [0, 0.05) is 25.0 Å². The van der Waals surface area contributed by atoms with E-state index in [2.05, 4.69) is 32.7 Å². The van der Waals surface area contributed by atoms with Crippen LogP contribution >= 0.6 is 22.7 Å². The van der Waals surface area contributed by atoms with Crippen LogP contribution in [0.25, 0.3) is 10.7 Å². The first kappa shape index (κ1) is 12.8. The molecule has 1 atom stereocenters. The first-order valence-electron chi connectivity index (χ1n) is 6.51. The molecule has 3 rings (SSSR count). The van der Waals surface area contributed by atoms with Crippen molar-refractivity contribution in [3.05, 3.63) is 5.38 Å². The highest BCUT2D eigenvalue weighted by Crippen LogP contribution is 2.33. The monoisotopic (exact) mass is 295 g/mol. The Bertz CT molecular complexity index is 550. The third kappa shape index (κ3) is 2.57. The third-order valence-corrected chi connectivity index (χ3v) is 5.24. The molecule has 2 aromatic heterocycles. The van der Waals surface area contributed by atoms with Crippen molar-refractivity contribution in [1.29, 1.82) is 0 Å². The zero-order chi connectivity index (χ0) is 13.2. The second-order valence-electron chi connectivity index (χ2n) is 4.72. The van der Waals surface area contributed by atoms with E-state index in [9.17, 15) is 0 Å². The summed E-state index contributed by atoms with van der Waals surface area (Å²) in [4.78, 5) is 7.14. The molecule has 1 aliphatic heterocycles. The molecule has 2 aromatic rings. The largest absolute Gasteiger partial charge is 0.363 e. The Hall–Kier alpha value is -1.21. The summed E-state index contributed by atoms with van der Waals surface area (Å²) >= 11 is 3.24. The lowest BCUT2D eigenvalue weighted by molar-refractivity contribution is 0.484. The molecule has 19 heavy (non-hydrogen) atoms. The molecular weight excluding hydrogens is 278 g/mol. The molecule has 0 aromatic carbocycles. The van der Waals surface area contributed by atoms with E-state index in [4.69, 9.17) is 4.98 Å². The SMILES string of the molecule is CNc1nnc(-c2csc(N3CCCCC3C)n2)s1. The van der Waals surface area contributed by atoms with Gasteiger partial charge in [-0.05, 0) is 26.2 Å². The van der Waals surface area contributed by atoms with E-state index in [-0.39, 0.29) is 0 Å². The van der Waals surface area contributed by atoms with Crippen LogP contribution in [-0.2, 0) is 0 Å². The van der Waals surface area contributed by atoms with Crippen molar-refractivity contribution >= 4 is 32.9 Å². The fraction of sp³-hybridized carbons (Fsp3) is 0.583. The Morgan fingerprint density at radius 1 is 1.37 bits per heavy atom. The zero-order valence-corrected chi connectivity index (χ0v) is 12.7. The fourth-order valence-electron chi connectivity index (χ4n) is 2.30. The molecule has 0 saturated carbocycles. The van der Waals surface area contributed by atoms with E-state index in [1.807, 2.05) is 7.05 Å². The van der Waals surface area contributed by atoms with Gasteiger partial charge in [-0.15, -0.1) is 21.5 Å². The second-order valence-corrected chi connectivity index (χ2v) is 6.53. The Morgan fingerprint density at radius 2 is 2.26 bits per heavy atom. The summed E-state index contributed by atoms with van der Waals surface area (Å²) in [7, 11) is 1.85. The lowest BCUT2D eigenvalue weighted by Gasteiger charge is -2.33. The van der Waals surface area contributed by atoms with Crippen molar-refractivity contribution < 1.29 is 0 Å². The molecule has 0 aliphatic carbocycles. The number of piperidine rings is 1. The molecular formula is C12H17N5S2. The van der Waals surface area contributed by atoms with Crippen molar-refractivity contribution in [1.82, 2.24) is 15.2 Å². The van der Waals surface area contributed by atoms with Crippen molar-refractivity contribution in [2.75, 3.05) is 23.8 Å². The summed E-state index contributed by atoms with van der Waals surface area (Å²) in [5.74, 6) is 0. The van der Waals surface area contributed by atoms with Gasteiger partial charge in [0.15, 0.2) is 10.1 Å². The van der Waals surface area contributed by atoms with Crippen LogP contribution in [0.2, 0.25) is 0 Å². The summed E-state index contributed by atoms with van der Waals surface area (Å²) in [6.45, 7) is 3.40. The van der Waals surface area contributed by atoms with Crippen LogP contribution in [0.15, 0.2) is 5.38 Å². The van der Waals surface area contributed by atoms with Gasteiger partial charge in [0.25, 0.3) is 0 Å². The van der Waals surface area contributed by atoms with E-state index in [1.54, 1.807) is 11.3 Å². The Balaban J connectivity index is 1.82. The number of anilines is 2. The standard InChI is InChI=1S/C12H17N5S2/c1-8-5-3-4-6-17(8)12-14-9(7-18-12)10-15-16-11(13-2)19-10/h7-8H,3-6H2,1-2H3,(H,13,16). The first-order chi connectivity index (χ1) is 9.28. The Kier molecular flexibility index (Phi) is 3.65. The molecule has 0 bridgehead atoms. The maximum absolute atomic E-state index is 4.73. The number of nitrogens with one attached hydrogen (secondary N) is 1. The molecule has 1 fully saturated rings. The highest BCUT2D eigenvalue weighted by molar-refractivity contribution is 7.19. The molecule has 0 amide bonds. The van der Waals surface area contributed by atoms with E-state index < -0.39 is 0 Å². The Labute approximate surface area is 120 Å². The third-order valence-electron chi connectivity index (χ3n) is 3.40. The minimum Gasteiger partial charge on any atom is -0.363 e. The highest BCUT2D eigenvalue weighted by Gasteiger charge is 2.21.